The second-order valence-corrected chi connectivity index (χ2v) is 9.03. The molecular weight excluding hydrogens is 328 g/mol. The molecule has 1 aromatic rings. The van der Waals surface area contributed by atoms with Crippen molar-refractivity contribution in [2.75, 3.05) is 19.0 Å². The van der Waals surface area contributed by atoms with Crippen LogP contribution in [0.15, 0.2) is 24.3 Å². The van der Waals surface area contributed by atoms with Crippen LogP contribution < -0.4 is 5.32 Å². The Morgan fingerprint density at radius 1 is 1.27 bits per heavy atom. The van der Waals surface area contributed by atoms with Crippen molar-refractivity contribution in [2.24, 2.45) is 11.3 Å². The number of piperidine rings is 1. The van der Waals surface area contributed by atoms with Crippen molar-refractivity contribution in [1.82, 2.24) is 4.90 Å². The van der Waals surface area contributed by atoms with Gasteiger partial charge in [-0.15, -0.1) is 0 Å². The number of esters is 1. The number of fused-ring (bicyclic) bond motifs is 3. The minimum atomic E-state index is -0.391. The predicted octanol–water partition coefficient (Wildman–Crippen LogP) is 2.46. The maximum absolute atomic E-state index is 13.1. The van der Waals surface area contributed by atoms with Crippen LogP contribution in [0, 0.1) is 11.3 Å². The summed E-state index contributed by atoms with van der Waals surface area (Å²) in [7, 11) is 1.50. The summed E-state index contributed by atoms with van der Waals surface area (Å²) in [6, 6.07) is 8.64. The molecule has 7 rings (SSSR count). The predicted molar refractivity (Wildman–Crippen MR) is 95.6 cm³/mol. The third kappa shape index (κ3) is 1.34. The number of amides is 1. The molecular formula is C21H24N2O3. The lowest BCUT2D eigenvalue weighted by Crippen LogP contribution is -2.76. The van der Waals surface area contributed by atoms with Gasteiger partial charge in [0.15, 0.2) is 0 Å². The average molecular weight is 352 g/mol. The van der Waals surface area contributed by atoms with Crippen molar-refractivity contribution in [3.63, 3.8) is 0 Å². The molecule has 2 saturated heterocycles. The van der Waals surface area contributed by atoms with Crippen LogP contribution in [0.25, 0.3) is 0 Å². The monoisotopic (exact) mass is 352 g/mol. The summed E-state index contributed by atoms with van der Waals surface area (Å²) in [4.78, 5) is 28.2. The van der Waals surface area contributed by atoms with Crippen molar-refractivity contribution < 1.29 is 14.3 Å². The molecule has 2 bridgehead atoms. The maximum atomic E-state index is 13.1. The first-order chi connectivity index (χ1) is 12.6. The highest BCUT2D eigenvalue weighted by Gasteiger charge is 2.80. The van der Waals surface area contributed by atoms with Crippen LogP contribution in [0.5, 0.6) is 0 Å². The zero-order valence-electron chi connectivity index (χ0n) is 15.1. The van der Waals surface area contributed by atoms with Gasteiger partial charge >= 0.3 is 5.97 Å². The first kappa shape index (κ1) is 15.1. The summed E-state index contributed by atoms with van der Waals surface area (Å²) in [5, 5.41) is 3.79. The molecule has 1 N–H and O–H groups in total. The van der Waals surface area contributed by atoms with Gasteiger partial charge in [0, 0.05) is 24.7 Å². The quantitative estimate of drug-likeness (QED) is 0.789. The molecule has 3 aliphatic carbocycles. The molecule has 26 heavy (non-hydrogen) atoms. The van der Waals surface area contributed by atoms with Crippen LogP contribution in [0.3, 0.4) is 0 Å². The SMILES string of the molecule is COC(=O)[C@H]1C[C@@]23CCCN4C(=O)C[C@@]5(c6ccccc6N[C@]15CC2)[C@@H]43. The zero-order valence-corrected chi connectivity index (χ0v) is 15.1. The van der Waals surface area contributed by atoms with E-state index in [0.717, 1.165) is 44.3 Å². The number of rotatable bonds is 1. The van der Waals surface area contributed by atoms with E-state index >= 15 is 0 Å². The fraction of sp³-hybridized carbons (Fsp3) is 0.619. The molecule has 5 nitrogen and oxygen atoms in total. The van der Waals surface area contributed by atoms with E-state index in [1.165, 1.54) is 12.7 Å². The highest BCUT2D eigenvalue weighted by Crippen LogP contribution is 2.74. The normalized spacial score (nSPS) is 44.2. The van der Waals surface area contributed by atoms with Gasteiger partial charge < -0.3 is 15.0 Å². The minimum Gasteiger partial charge on any atom is -0.469 e. The number of anilines is 1. The van der Waals surface area contributed by atoms with Crippen molar-refractivity contribution >= 4 is 17.6 Å². The van der Waals surface area contributed by atoms with Gasteiger partial charge in [0.25, 0.3) is 0 Å². The molecule has 6 aliphatic rings. The van der Waals surface area contributed by atoms with Crippen LogP contribution in [-0.2, 0) is 19.7 Å². The molecule has 3 aliphatic heterocycles. The van der Waals surface area contributed by atoms with E-state index in [2.05, 4.69) is 28.4 Å². The molecule has 0 unspecified atom stereocenters. The van der Waals surface area contributed by atoms with E-state index in [1.807, 2.05) is 6.07 Å². The molecule has 3 heterocycles. The van der Waals surface area contributed by atoms with Gasteiger partial charge in [0.2, 0.25) is 5.91 Å². The minimum absolute atomic E-state index is 0.0597. The molecule has 0 radical (unpaired) electrons. The Morgan fingerprint density at radius 2 is 2.12 bits per heavy atom. The third-order valence-electron chi connectivity index (χ3n) is 8.45. The zero-order chi connectivity index (χ0) is 17.7. The average Bonchev–Trinajstić information content (AvgIpc) is 3.14. The standard InChI is InChI=1S/C21H24N2O3/c1-26-17(25)14-11-19-7-4-10-23-16(24)12-20(18(19)23)13-5-2-3-6-15(13)22-21(14,20)9-8-19/h2-3,5-6,14,18,22H,4,7-12H2,1H3/t14-,18+,19-,20-,21-/m1/s1. The van der Waals surface area contributed by atoms with E-state index in [9.17, 15) is 9.59 Å². The fourth-order valence-corrected chi connectivity index (χ4v) is 7.80. The van der Waals surface area contributed by atoms with E-state index < -0.39 is 5.54 Å². The summed E-state index contributed by atoms with van der Waals surface area (Å²) in [5.41, 5.74) is 1.73. The molecule has 1 amide bonds. The molecule has 1 aromatic carbocycles. The number of hydrogen-bond acceptors (Lipinski definition) is 4. The number of para-hydroxylation sites is 1. The number of benzene rings is 1. The fourth-order valence-electron chi connectivity index (χ4n) is 7.80. The van der Waals surface area contributed by atoms with E-state index in [0.29, 0.717) is 6.42 Å². The van der Waals surface area contributed by atoms with Gasteiger partial charge in [-0.3, -0.25) is 9.59 Å². The summed E-state index contributed by atoms with van der Waals surface area (Å²) in [6.45, 7) is 0.869. The van der Waals surface area contributed by atoms with Gasteiger partial charge in [0.1, 0.15) is 0 Å². The highest BCUT2D eigenvalue weighted by molar-refractivity contribution is 5.89. The van der Waals surface area contributed by atoms with E-state index in [-0.39, 0.29) is 34.7 Å². The Bertz CT molecular complexity index is 853. The number of nitrogens with zero attached hydrogens (tertiary/aromatic N) is 1. The lowest BCUT2D eigenvalue weighted by atomic mass is 9.39. The van der Waals surface area contributed by atoms with Crippen molar-refractivity contribution in [1.29, 1.82) is 0 Å². The second-order valence-electron chi connectivity index (χ2n) is 9.03. The molecule has 0 aromatic heterocycles. The molecule has 5 atom stereocenters. The van der Waals surface area contributed by atoms with Gasteiger partial charge in [-0.25, -0.2) is 0 Å². The summed E-state index contributed by atoms with van der Waals surface area (Å²) < 4.78 is 5.27. The van der Waals surface area contributed by atoms with Gasteiger partial charge in [-0.2, -0.15) is 0 Å². The van der Waals surface area contributed by atoms with Gasteiger partial charge in [-0.05, 0) is 49.1 Å². The van der Waals surface area contributed by atoms with Crippen LogP contribution in [0.2, 0.25) is 0 Å². The first-order valence-corrected chi connectivity index (χ1v) is 9.83. The van der Waals surface area contributed by atoms with Crippen molar-refractivity contribution in [3.05, 3.63) is 29.8 Å². The smallest absolute Gasteiger partial charge is 0.311 e. The molecule has 5 heteroatoms. The largest absolute Gasteiger partial charge is 0.469 e. The second kappa shape index (κ2) is 4.44. The Labute approximate surface area is 153 Å². The third-order valence-corrected chi connectivity index (χ3v) is 8.45. The lowest BCUT2D eigenvalue weighted by molar-refractivity contribution is -0.172. The van der Waals surface area contributed by atoms with Crippen LogP contribution in [-0.4, -0.2) is 42.0 Å². The summed E-state index contributed by atoms with van der Waals surface area (Å²) in [5.74, 6) is -0.0243. The summed E-state index contributed by atoms with van der Waals surface area (Å²) >= 11 is 0. The van der Waals surface area contributed by atoms with Gasteiger partial charge in [0.05, 0.1) is 24.0 Å². The number of hydrogen-bond donors (Lipinski definition) is 1. The van der Waals surface area contributed by atoms with Crippen molar-refractivity contribution in [3.8, 4) is 0 Å². The molecule has 136 valence electrons. The Hall–Kier alpha value is -2.04. The van der Waals surface area contributed by atoms with Crippen LogP contribution in [0.1, 0.15) is 44.1 Å². The highest BCUT2D eigenvalue weighted by atomic mass is 16.5. The van der Waals surface area contributed by atoms with E-state index in [1.54, 1.807) is 0 Å². The first-order valence-electron chi connectivity index (χ1n) is 9.83. The van der Waals surface area contributed by atoms with Crippen molar-refractivity contribution in [2.45, 2.75) is 55.5 Å². The Morgan fingerprint density at radius 3 is 2.96 bits per heavy atom. The number of nitrogens with one attached hydrogen (secondary N) is 1. The molecule has 3 saturated carbocycles. The molecule has 5 fully saturated rings. The number of ether oxygens (including phenoxy) is 1. The van der Waals surface area contributed by atoms with Crippen LogP contribution >= 0.6 is 0 Å². The number of carbonyl (C=O) groups is 2. The van der Waals surface area contributed by atoms with Crippen LogP contribution in [0.4, 0.5) is 5.69 Å². The maximum Gasteiger partial charge on any atom is 0.311 e. The number of methoxy groups -OCH3 is 1. The molecule has 3 spiro atoms. The van der Waals surface area contributed by atoms with E-state index in [4.69, 9.17) is 4.74 Å². The Balaban J connectivity index is 1.67. The Kier molecular flexibility index (Phi) is 2.57. The van der Waals surface area contributed by atoms with Gasteiger partial charge in [-0.1, -0.05) is 18.2 Å². The number of carbonyl (C=O) groups excluding carboxylic acids is 2. The summed E-state index contributed by atoms with van der Waals surface area (Å²) in [6.07, 6.45) is 5.58. The lowest BCUT2D eigenvalue weighted by Gasteiger charge is -2.68. The topological polar surface area (TPSA) is 58.6 Å².